The Morgan fingerprint density at radius 1 is 1.14 bits per heavy atom. The normalized spacial score (nSPS) is 11.3. The van der Waals surface area contributed by atoms with Crippen molar-refractivity contribution >= 4 is 17.5 Å². The second-order valence-corrected chi connectivity index (χ2v) is 6.26. The van der Waals surface area contributed by atoms with E-state index in [1.807, 2.05) is 44.2 Å². The van der Waals surface area contributed by atoms with Crippen LogP contribution in [0.5, 0.6) is 0 Å². The van der Waals surface area contributed by atoms with Crippen LogP contribution >= 0.6 is 11.6 Å². The van der Waals surface area contributed by atoms with Crippen LogP contribution in [0.2, 0.25) is 5.02 Å². The molecule has 2 nitrogen and oxygen atoms in total. The average Bonchev–Trinajstić information content (AvgIpc) is 2.51. The van der Waals surface area contributed by atoms with Crippen molar-refractivity contribution in [2.75, 3.05) is 7.05 Å². The lowest BCUT2D eigenvalue weighted by Crippen LogP contribution is -2.41. The molecule has 0 aliphatic carbocycles. The fourth-order valence-electron chi connectivity index (χ4n) is 2.45. The van der Waals surface area contributed by atoms with Crippen LogP contribution < -0.4 is 0 Å². The molecule has 0 spiro atoms. The van der Waals surface area contributed by atoms with Crippen LogP contribution in [0.1, 0.15) is 25.0 Å². The lowest BCUT2D eigenvalue weighted by molar-refractivity contribution is -0.135. The van der Waals surface area contributed by atoms with Gasteiger partial charge in [0.2, 0.25) is 5.91 Å². The summed E-state index contributed by atoms with van der Waals surface area (Å²) in [6.07, 6.45) is 0. The van der Waals surface area contributed by atoms with E-state index in [1.165, 1.54) is 11.0 Å². The second kappa shape index (κ2) is 6.49. The Morgan fingerprint density at radius 2 is 1.77 bits per heavy atom. The molecule has 0 saturated carbocycles. The minimum Gasteiger partial charge on any atom is -0.341 e. The number of rotatable bonds is 4. The molecule has 1 amide bonds. The van der Waals surface area contributed by atoms with Crippen molar-refractivity contribution in [3.8, 4) is 0 Å². The highest BCUT2D eigenvalue weighted by molar-refractivity contribution is 6.31. The number of carbonyl (C=O) groups excluding carboxylic acids is 1. The van der Waals surface area contributed by atoms with Crippen molar-refractivity contribution in [2.24, 2.45) is 0 Å². The Labute approximate surface area is 135 Å². The number of carbonyl (C=O) groups is 1. The summed E-state index contributed by atoms with van der Waals surface area (Å²) in [4.78, 5) is 14.3. The Morgan fingerprint density at radius 3 is 2.36 bits per heavy atom. The number of amides is 1. The van der Waals surface area contributed by atoms with E-state index in [4.69, 9.17) is 11.6 Å². The zero-order valence-corrected chi connectivity index (χ0v) is 13.7. The van der Waals surface area contributed by atoms with Gasteiger partial charge in [0.05, 0.1) is 5.41 Å². The summed E-state index contributed by atoms with van der Waals surface area (Å²) in [6, 6.07) is 14.1. The molecule has 0 radical (unpaired) electrons. The van der Waals surface area contributed by atoms with E-state index in [0.29, 0.717) is 10.6 Å². The Hall–Kier alpha value is -1.87. The van der Waals surface area contributed by atoms with E-state index >= 15 is 0 Å². The van der Waals surface area contributed by atoms with Gasteiger partial charge in [0.15, 0.2) is 0 Å². The topological polar surface area (TPSA) is 20.3 Å². The molecule has 0 aliphatic rings. The third kappa shape index (κ3) is 3.30. The van der Waals surface area contributed by atoms with E-state index in [2.05, 4.69) is 0 Å². The van der Waals surface area contributed by atoms with Crippen LogP contribution in [0, 0.1) is 5.82 Å². The molecular weight excluding hydrogens is 301 g/mol. The van der Waals surface area contributed by atoms with Crippen LogP contribution in [0.3, 0.4) is 0 Å². The molecule has 2 aromatic carbocycles. The maximum absolute atomic E-state index is 13.9. The fraction of sp³-hybridized carbons (Fsp3) is 0.278. The minimum absolute atomic E-state index is 0.0852. The Bertz CT molecular complexity index is 650. The molecule has 0 unspecified atom stereocenters. The first kappa shape index (κ1) is 16.5. The Kier molecular flexibility index (Phi) is 4.87. The van der Waals surface area contributed by atoms with Crippen molar-refractivity contribution in [3.63, 3.8) is 0 Å². The molecule has 2 aromatic rings. The lowest BCUT2D eigenvalue weighted by atomic mass is 9.83. The van der Waals surface area contributed by atoms with Crippen LogP contribution in [-0.4, -0.2) is 17.9 Å². The first-order valence-corrected chi connectivity index (χ1v) is 7.46. The average molecular weight is 320 g/mol. The third-order valence-electron chi connectivity index (χ3n) is 3.83. The summed E-state index contributed by atoms with van der Waals surface area (Å²) in [6.45, 7) is 3.87. The van der Waals surface area contributed by atoms with Gasteiger partial charge in [0, 0.05) is 24.2 Å². The lowest BCUT2D eigenvalue weighted by Gasteiger charge is -2.30. The van der Waals surface area contributed by atoms with Gasteiger partial charge in [-0.3, -0.25) is 4.79 Å². The summed E-state index contributed by atoms with van der Waals surface area (Å²) in [7, 11) is 1.66. The van der Waals surface area contributed by atoms with Crippen molar-refractivity contribution < 1.29 is 9.18 Å². The first-order chi connectivity index (χ1) is 10.3. The smallest absolute Gasteiger partial charge is 0.232 e. The van der Waals surface area contributed by atoms with Crippen LogP contribution in [0.4, 0.5) is 4.39 Å². The number of halogens is 2. The maximum atomic E-state index is 13.9. The highest BCUT2D eigenvalue weighted by Crippen LogP contribution is 2.27. The fourth-order valence-corrected chi connectivity index (χ4v) is 2.67. The van der Waals surface area contributed by atoms with Crippen molar-refractivity contribution in [3.05, 3.63) is 70.5 Å². The van der Waals surface area contributed by atoms with Gasteiger partial charge in [-0.1, -0.05) is 48.0 Å². The molecule has 0 aromatic heterocycles. The molecule has 0 heterocycles. The van der Waals surface area contributed by atoms with Gasteiger partial charge in [0.25, 0.3) is 0 Å². The van der Waals surface area contributed by atoms with Gasteiger partial charge in [-0.15, -0.1) is 0 Å². The quantitative estimate of drug-likeness (QED) is 0.817. The van der Waals surface area contributed by atoms with Gasteiger partial charge >= 0.3 is 0 Å². The van der Waals surface area contributed by atoms with E-state index in [1.54, 1.807) is 19.2 Å². The SMILES string of the molecule is CN(Cc1c(F)cccc1Cl)C(=O)C(C)(C)c1ccccc1. The number of benzene rings is 2. The summed E-state index contributed by atoms with van der Waals surface area (Å²) < 4.78 is 13.9. The molecule has 0 aliphatic heterocycles. The molecule has 2 rings (SSSR count). The third-order valence-corrected chi connectivity index (χ3v) is 4.19. The largest absolute Gasteiger partial charge is 0.341 e. The second-order valence-electron chi connectivity index (χ2n) is 5.85. The molecule has 0 N–H and O–H groups in total. The summed E-state index contributed by atoms with van der Waals surface area (Å²) in [5, 5.41) is 0.331. The van der Waals surface area contributed by atoms with Crippen LogP contribution in [-0.2, 0) is 16.8 Å². The molecule has 116 valence electrons. The monoisotopic (exact) mass is 319 g/mol. The predicted molar refractivity (Wildman–Crippen MR) is 87.4 cm³/mol. The summed E-state index contributed by atoms with van der Waals surface area (Å²) in [5.74, 6) is -0.484. The standard InChI is InChI=1S/C18H19ClFNO/c1-18(2,13-8-5-4-6-9-13)17(22)21(3)12-14-15(19)10-7-11-16(14)20/h4-11H,12H2,1-3H3. The molecule has 0 atom stereocenters. The van der Waals surface area contributed by atoms with Gasteiger partial charge < -0.3 is 4.90 Å². The molecular formula is C18H19ClFNO. The van der Waals surface area contributed by atoms with Crippen LogP contribution in [0.15, 0.2) is 48.5 Å². The van der Waals surface area contributed by atoms with E-state index in [-0.39, 0.29) is 12.5 Å². The highest BCUT2D eigenvalue weighted by Gasteiger charge is 2.32. The zero-order chi connectivity index (χ0) is 16.3. The van der Waals surface area contributed by atoms with Gasteiger partial charge in [-0.25, -0.2) is 4.39 Å². The van der Waals surface area contributed by atoms with Crippen molar-refractivity contribution in [1.82, 2.24) is 4.90 Å². The molecule has 0 bridgehead atoms. The first-order valence-electron chi connectivity index (χ1n) is 7.08. The number of hydrogen-bond donors (Lipinski definition) is 0. The molecule has 4 heteroatoms. The highest BCUT2D eigenvalue weighted by atomic mass is 35.5. The summed E-state index contributed by atoms with van der Waals surface area (Å²) >= 11 is 6.03. The van der Waals surface area contributed by atoms with Gasteiger partial charge in [0.1, 0.15) is 5.82 Å². The van der Waals surface area contributed by atoms with Gasteiger partial charge in [-0.2, -0.15) is 0 Å². The zero-order valence-electron chi connectivity index (χ0n) is 12.9. The van der Waals surface area contributed by atoms with E-state index in [0.717, 1.165) is 5.56 Å². The minimum atomic E-state index is -0.687. The van der Waals surface area contributed by atoms with Crippen molar-refractivity contribution in [2.45, 2.75) is 25.8 Å². The Balaban J connectivity index is 2.22. The predicted octanol–water partition coefficient (Wildman–Crippen LogP) is 4.42. The van der Waals surface area contributed by atoms with E-state index < -0.39 is 11.2 Å². The summed E-state index contributed by atoms with van der Waals surface area (Å²) in [5.41, 5.74) is 0.573. The van der Waals surface area contributed by atoms with Gasteiger partial charge in [-0.05, 0) is 31.5 Å². The number of hydrogen-bond acceptors (Lipinski definition) is 1. The van der Waals surface area contributed by atoms with Crippen LogP contribution in [0.25, 0.3) is 0 Å². The van der Waals surface area contributed by atoms with E-state index in [9.17, 15) is 9.18 Å². The molecule has 0 fully saturated rings. The maximum Gasteiger partial charge on any atom is 0.232 e. The molecule has 0 saturated heterocycles. The number of nitrogens with zero attached hydrogens (tertiary/aromatic N) is 1. The molecule has 22 heavy (non-hydrogen) atoms. The van der Waals surface area contributed by atoms with Crippen molar-refractivity contribution in [1.29, 1.82) is 0 Å². The number of likely N-dealkylation sites (N-methyl/N-ethyl adjacent to an activating group) is 1.